The van der Waals surface area contributed by atoms with E-state index >= 15 is 0 Å². The highest BCUT2D eigenvalue weighted by Crippen LogP contribution is 2.45. The SMILES string of the molecule is CCOC(=O)c1cc(C(=O)OCC2C(CCOC(=O)c3cc4c(=O)n(CCOCCOCCOC)ccc4nc3C)C2OCCOCCOCCN)c(/C=C/N(C)C)nc1C. The predicted octanol–water partition coefficient (Wildman–Crippen LogP) is 2.82. The van der Waals surface area contributed by atoms with Crippen molar-refractivity contribution in [3.05, 3.63) is 74.7 Å². The summed E-state index contributed by atoms with van der Waals surface area (Å²) in [5.74, 6) is -2.20. The molecule has 3 atom stereocenters. The molecule has 3 heterocycles. The first kappa shape index (κ1) is 48.8. The summed E-state index contributed by atoms with van der Waals surface area (Å²) in [6.45, 7) is 9.91. The zero-order valence-corrected chi connectivity index (χ0v) is 36.2. The van der Waals surface area contributed by atoms with Gasteiger partial charge in [-0.2, -0.15) is 0 Å². The number of esters is 3. The van der Waals surface area contributed by atoms with Crippen molar-refractivity contribution < 1.29 is 57.0 Å². The molecular formula is C43H61N5O13. The number of nitrogens with two attached hydrogens (primary N) is 1. The van der Waals surface area contributed by atoms with Gasteiger partial charge in [0.1, 0.15) is 0 Å². The number of ether oxygens (including phenoxy) is 9. The molecule has 0 aliphatic heterocycles. The molecule has 0 radical (unpaired) electrons. The first-order chi connectivity index (χ1) is 29.5. The largest absolute Gasteiger partial charge is 0.462 e. The van der Waals surface area contributed by atoms with Gasteiger partial charge < -0.3 is 57.8 Å². The highest BCUT2D eigenvalue weighted by atomic mass is 16.6. The van der Waals surface area contributed by atoms with Gasteiger partial charge in [0, 0.05) is 52.6 Å². The van der Waals surface area contributed by atoms with E-state index in [1.54, 1.807) is 57.3 Å². The van der Waals surface area contributed by atoms with Crippen LogP contribution in [0.25, 0.3) is 17.0 Å². The molecule has 1 fully saturated rings. The maximum atomic E-state index is 13.6. The van der Waals surface area contributed by atoms with Gasteiger partial charge in [0.25, 0.3) is 5.56 Å². The fraction of sp³-hybridized carbons (Fsp3) is 0.581. The zero-order valence-electron chi connectivity index (χ0n) is 36.2. The summed E-state index contributed by atoms with van der Waals surface area (Å²) in [5, 5.41) is 0.284. The minimum absolute atomic E-state index is 0.00251. The van der Waals surface area contributed by atoms with Gasteiger partial charge in [0.05, 0.1) is 137 Å². The third-order valence-electron chi connectivity index (χ3n) is 9.65. The van der Waals surface area contributed by atoms with Crippen LogP contribution in [0.5, 0.6) is 0 Å². The van der Waals surface area contributed by atoms with E-state index in [-0.39, 0.29) is 72.0 Å². The topological polar surface area (TPSA) is 211 Å². The lowest BCUT2D eigenvalue weighted by atomic mass is 10.1. The number of nitrogens with zero attached hydrogens (tertiary/aromatic N) is 4. The Labute approximate surface area is 356 Å². The molecule has 1 aliphatic carbocycles. The van der Waals surface area contributed by atoms with Gasteiger partial charge in [-0.15, -0.1) is 0 Å². The summed E-state index contributed by atoms with van der Waals surface area (Å²) in [5.41, 5.74) is 7.25. The smallest absolute Gasteiger partial charge is 0.340 e. The lowest BCUT2D eigenvalue weighted by Crippen LogP contribution is -2.23. The van der Waals surface area contributed by atoms with Crippen LogP contribution >= 0.6 is 0 Å². The molecular weight excluding hydrogens is 794 g/mol. The van der Waals surface area contributed by atoms with Crippen molar-refractivity contribution in [2.24, 2.45) is 17.6 Å². The standard InChI is InChI=1S/C43H61N5O13/c1-7-58-41(50)33-27-35(38(46-30(33)3)8-12-47(4)5)43(52)61-28-36-31(39(36)59-25-24-57-22-20-54-16-11-44)10-15-60-42(51)32-26-34-37(45-29(32)2)9-13-48(40(34)49)14-17-55-21-23-56-19-18-53-6/h8-9,12-13,26-27,31,36,39H,7,10-11,14-25,28,44H2,1-6H3/b12-8+. The second-order valence-corrected chi connectivity index (χ2v) is 14.3. The van der Waals surface area contributed by atoms with Crippen LogP contribution in [0.15, 0.2) is 35.4 Å². The molecule has 1 saturated carbocycles. The molecule has 0 aromatic carbocycles. The van der Waals surface area contributed by atoms with Crippen LogP contribution in [0.3, 0.4) is 0 Å². The van der Waals surface area contributed by atoms with Crippen molar-refractivity contribution in [3.63, 3.8) is 0 Å². The van der Waals surface area contributed by atoms with E-state index in [0.717, 1.165) is 0 Å². The van der Waals surface area contributed by atoms with Crippen LogP contribution in [-0.2, 0) is 49.2 Å². The van der Waals surface area contributed by atoms with Crippen molar-refractivity contribution in [2.45, 2.75) is 39.8 Å². The van der Waals surface area contributed by atoms with Gasteiger partial charge in [0.15, 0.2) is 0 Å². The first-order valence-electron chi connectivity index (χ1n) is 20.5. The quantitative estimate of drug-likeness (QED) is 0.0604. The molecule has 2 N–H and O–H groups in total. The monoisotopic (exact) mass is 855 g/mol. The van der Waals surface area contributed by atoms with E-state index < -0.39 is 17.9 Å². The van der Waals surface area contributed by atoms with Gasteiger partial charge in [-0.3, -0.25) is 14.8 Å². The van der Waals surface area contributed by atoms with Crippen LogP contribution in [0.2, 0.25) is 0 Å². The summed E-state index contributed by atoms with van der Waals surface area (Å²) in [6.07, 6.45) is 5.16. The zero-order chi connectivity index (χ0) is 44.1. The Kier molecular flexibility index (Phi) is 20.7. The van der Waals surface area contributed by atoms with Crippen molar-refractivity contribution in [3.8, 4) is 0 Å². The fourth-order valence-electron chi connectivity index (χ4n) is 6.38. The average molecular weight is 856 g/mol. The molecule has 0 amide bonds. The summed E-state index contributed by atoms with van der Waals surface area (Å²) in [7, 11) is 5.27. The number of hydrogen-bond donors (Lipinski definition) is 1. The molecule has 336 valence electrons. The third kappa shape index (κ3) is 15.2. The first-order valence-corrected chi connectivity index (χ1v) is 20.5. The third-order valence-corrected chi connectivity index (χ3v) is 9.65. The molecule has 18 nitrogen and oxygen atoms in total. The Balaban J connectivity index is 1.39. The second kappa shape index (κ2) is 25.8. The molecule has 1 aliphatic rings. The maximum Gasteiger partial charge on any atom is 0.340 e. The number of hydrogen-bond acceptors (Lipinski definition) is 17. The molecule has 4 rings (SSSR count). The normalized spacial score (nSPS) is 16.0. The van der Waals surface area contributed by atoms with Crippen LogP contribution < -0.4 is 11.3 Å². The highest BCUT2D eigenvalue weighted by Gasteiger charge is 2.51. The van der Waals surface area contributed by atoms with Crippen LogP contribution in [-0.4, -0.2) is 157 Å². The van der Waals surface area contributed by atoms with Crippen molar-refractivity contribution in [1.29, 1.82) is 0 Å². The highest BCUT2D eigenvalue weighted by molar-refractivity contribution is 5.98. The van der Waals surface area contributed by atoms with E-state index in [4.69, 9.17) is 48.4 Å². The number of methoxy groups -OCH3 is 1. The van der Waals surface area contributed by atoms with Crippen molar-refractivity contribution in [1.82, 2.24) is 19.4 Å². The lowest BCUT2D eigenvalue weighted by molar-refractivity contribution is 0.00354. The fourth-order valence-corrected chi connectivity index (χ4v) is 6.38. The Hall–Kier alpha value is -4.82. The molecule has 3 aromatic heterocycles. The molecule has 3 aromatic rings. The summed E-state index contributed by atoms with van der Waals surface area (Å²) < 4.78 is 51.3. The predicted molar refractivity (Wildman–Crippen MR) is 224 cm³/mol. The number of aromatic nitrogens is 3. The van der Waals surface area contributed by atoms with E-state index in [9.17, 15) is 19.2 Å². The molecule has 0 spiro atoms. The Morgan fingerprint density at radius 2 is 1.39 bits per heavy atom. The van der Waals surface area contributed by atoms with Gasteiger partial charge in [-0.25, -0.2) is 14.4 Å². The number of carbonyl (C=O) groups is 3. The minimum atomic E-state index is -0.665. The summed E-state index contributed by atoms with van der Waals surface area (Å²) >= 11 is 0. The average Bonchev–Trinajstić information content (AvgIpc) is 3.91. The maximum absolute atomic E-state index is 13.6. The number of pyridine rings is 3. The second-order valence-electron chi connectivity index (χ2n) is 14.3. The number of rotatable bonds is 29. The molecule has 0 bridgehead atoms. The lowest BCUT2D eigenvalue weighted by Gasteiger charge is -2.12. The van der Waals surface area contributed by atoms with E-state index in [1.165, 1.54) is 16.7 Å². The molecule has 3 unspecified atom stereocenters. The molecule has 0 saturated heterocycles. The Morgan fingerprint density at radius 3 is 2.08 bits per heavy atom. The summed E-state index contributed by atoms with van der Waals surface area (Å²) in [4.78, 5) is 63.9. The van der Waals surface area contributed by atoms with E-state index in [2.05, 4.69) is 9.97 Å². The Morgan fingerprint density at radius 1 is 0.770 bits per heavy atom. The number of carbonyl (C=O) groups excluding carboxylic acids is 3. The summed E-state index contributed by atoms with van der Waals surface area (Å²) in [6, 6.07) is 4.69. The number of fused-ring (bicyclic) bond motifs is 1. The van der Waals surface area contributed by atoms with Crippen molar-refractivity contribution in [2.75, 3.05) is 114 Å². The van der Waals surface area contributed by atoms with Gasteiger partial charge in [0.2, 0.25) is 0 Å². The van der Waals surface area contributed by atoms with Crippen molar-refractivity contribution >= 4 is 34.9 Å². The molecule has 18 heteroatoms. The van der Waals surface area contributed by atoms with E-state index in [1.807, 2.05) is 14.1 Å². The van der Waals surface area contributed by atoms with Gasteiger partial charge in [-0.05, 0) is 57.4 Å². The molecule has 61 heavy (non-hydrogen) atoms. The minimum Gasteiger partial charge on any atom is -0.462 e. The van der Waals surface area contributed by atoms with Crippen LogP contribution in [0.4, 0.5) is 0 Å². The van der Waals surface area contributed by atoms with Crippen LogP contribution in [0, 0.1) is 25.7 Å². The Bertz CT molecular complexity index is 1970. The van der Waals surface area contributed by atoms with Crippen LogP contribution in [0.1, 0.15) is 61.5 Å². The number of aryl methyl sites for hydroxylation is 2. The van der Waals surface area contributed by atoms with Gasteiger partial charge in [-0.1, -0.05) is 0 Å². The van der Waals surface area contributed by atoms with Gasteiger partial charge >= 0.3 is 17.9 Å². The van der Waals surface area contributed by atoms with E-state index in [0.29, 0.717) is 102 Å².